The summed E-state index contributed by atoms with van der Waals surface area (Å²) in [5.74, 6) is 0.354. The van der Waals surface area contributed by atoms with Gasteiger partial charge in [0.1, 0.15) is 0 Å². The normalized spacial score (nSPS) is 12.6. The molecule has 0 radical (unpaired) electrons. The molecule has 0 spiro atoms. The van der Waals surface area contributed by atoms with Crippen LogP contribution in [0, 0.1) is 5.82 Å². The Balaban J connectivity index is 3.08. The zero-order valence-corrected chi connectivity index (χ0v) is 8.30. The Labute approximate surface area is 78.5 Å². The van der Waals surface area contributed by atoms with Gasteiger partial charge >= 0.3 is 0 Å². The monoisotopic (exact) mass is 182 g/mol. The van der Waals surface area contributed by atoms with Gasteiger partial charge in [0.05, 0.1) is 7.11 Å². The molecule has 2 heteroatoms. The molecule has 1 unspecified atom stereocenters. The van der Waals surface area contributed by atoms with Crippen molar-refractivity contribution >= 4 is 0 Å². The van der Waals surface area contributed by atoms with Crippen LogP contribution in [-0.2, 0) is 0 Å². The second-order valence-corrected chi connectivity index (χ2v) is 3.17. The smallest absolute Gasteiger partial charge is 0.168 e. The van der Waals surface area contributed by atoms with Crippen LogP contribution in [0.5, 0.6) is 5.75 Å². The predicted molar refractivity (Wildman–Crippen MR) is 51.7 cm³/mol. The first-order chi connectivity index (χ1) is 6.20. The van der Waals surface area contributed by atoms with Crippen molar-refractivity contribution in [2.24, 2.45) is 0 Å². The van der Waals surface area contributed by atoms with Gasteiger partial charge in [-0.1, -0.05) is 26.0 Å². The summed E-state index contributed by atoms with van der Waals surface area (Å²) in [6, 6.07) is 5.27. The van der Waals surface area contributed by atoms with Crippen LogP contribution in [0.3, 0.4) is 0 Å². The van der Waals surface area contributed by atoms with Crippen molar-refractivity contribution in [1.29, 1.82) is 0 Å². The predicted octanol–water partition coefficient (Wildman–Crippen LogP) is 3.35. The lowest BCUT2D eigenvalue weighted by Crippen LogP contribution is -1.98. The number of hydrogen-bond donors (Lipinski definition) is 0. The zero-order chi connectivity index (χ0) is 9.84. The summed E-state index contributed by atoms with van der Waals surface area (Å²) in [6.07, 6.45) is 0.935. The van der Waals surface area contributed by atoms with E-state index in [0.29, 0.717) is 5.75 Å². The van der Waals surface area contributed by atoms with Crippen molar-refractivity contribution in [3.8, 4) is 5.75 Å². The molecule has 0 heterocycles. The summed E-state index contributed by atoms with van der Waals surface area (Å²) in [4.78, 5) is 0. The number of ether oxygens (including phenoxy) is 1. The zero-order valence-electron chi connectivity index (χ0n) is 8.30. The van der Waals surface area contributed by atoms with Gasteiger partial charge in [0.15, 0.2) is 11.6 Å². The molecule has 1 aromatic rings. The first-order valence-electron chi connectivity index (χ1n) is 4.53. The fourth-order valence-corrected chi connectivity index (χ4v) is 1.29. The highest BCUT2D eigenvalue weighted by Gasteiger charge is 2.12. The molecule has 0 saturated carbocycles. The van der Waals surface area contributed by atoms with Gasteiger partial charge in [-0.15, -0.1) is 0 Å². The van der Waals surface area contributed by atoms with E-state index in [1.54, 1.807) is 6.07 Å². The average molecular weight is 182 g/mol. The van der Waals surface area contributed by atoms with Gasteiger partial charge in [-0.25, -0.2) is 4.39 Å². The molecule has 0 aliphatic carbocycles. The third-order valence-electron chi connectivity index (χ3n) is 2.36. The Bertz CT molecular complexity index is 283. The van der Waals surface area contributed by atoms with E-state index in [1.165, 1.54) is 7.11 Å². The van der Waals surface area contributed by atoms with Crippen LogP contribution >= 0.6 is 0 Å². The third kappa shape index (κ3) is 2.00. The van der Waals surface area contributed by atoms with Gasteiger partial charge in [-0.3, -0.25) is 0 Å². The second-order valence-electron chi connectivity index (χ2n) is 3.17. The number of benzene rings is 1. The van der Waals surface area contributed by atoms with E-state index in [9.17, 15) is 4.39 Å². The maximum absolute atomic E-state index is 13.6. The van der Waals surface area contributed by atoms with E-state index in [-0.39, 0.29) is 11.7 Å². The molecule has 0 bridgehead atoms. The topological polar surface area (TPSA) is 9.23 Å². The molecule has 0 amide bonds. The van der Waals surface area contributed by atoms with E-state index in [1.807, 2.05) is 26.0 Å². The lowest BCUT2D eigenvalue weighted by Gasteiger charge is -2.11. The van der Waals surface area contributed by atoms with Crippen molar-refractivity contribution in [1.82, 2.24) is 0 Å². The van der Waals surface area contributed by atoms with E-state index >= 15 is 0 Å². The quantitative estimate of drug-likeness (QED) is 0.696. The van der Waals surface area contributed by atoms with Gasteiger partial charge in [0.25, 0.3) is 0 Å². The summed E-state index contributed by atoms with van der Waals surface area (Å²) < 4.78 is 18.5. The Morgan fingerprint density at radius 1 is 1.46 bits per heavy atom. The summed E-state index contributed by atoms with van der Waals surface area (Å²) >= 11 is 0. The molecular weight excluding hydrogens is 167 g/mol. The van der Waals surface area contributed by atoms with Gasteiger partial charge in [0, 0.05) is 0 Å². The highest BCUT2D eigenvalue weighted by Crippen LogP contribution is 2.27. The molecule has 0 saturated heterocycles. The van der Waals surface area contributed by atoms with Crippen LogP contribution in [0.1, 0.15) is 31.7 Å². The van der Waals surface area contributed by atoms with Crippen molar-refractivity contribution < 1.29 is 9.13 Å². The van der Waals surface area contributed by atoms with Crippen LogP contribution in [0.4, 0.5) is 4.39 Å². The molecule has 1 aromatic carbocycles. The molecule has 0 fully saturated rings. The molecule has 1 nitrogen and oxygen atoms in total. The minimum Gasteiger partial charge on any atom is -0.494 e. The molecule has 72 valence electrons. The summed E-state index contributed by atoms with van der Waals surface area (Å²) in [5, 5.41) is 0. The lowest BCUT2D eigenvalue weighted by molar-refractivity contribution is 0.382. The van der Waals surface area contributed by atoms with Crippen molar-refractivity contribution in [3.63, 3.8) is 0 Å². The third-order valence-corrected chi connectivity index (χ3v) is 2.36. The van der Waals surface area contributed by atoms with Crippen LogP contribution in [0.15, 0.2) is 18.2 Å². The maximum atomic E-state index is 13.6. The van der Waals surface area contributed by atoms with E-state index < -0.39 is 0 Å². The number of methoxy groups -OCH3 is 1. The Morgan fingerprint density at radius 3 is 2.69 bits per heavy atom. The van der Waals surface area contributed by atoms with Crippen molar-refractivity contribution in [2.45, 2.75) is 26.2 Å². The molecule has 1 atom stereocenters. The largest absolute Gasteiger partial charge is 0.494 e. The van der Waals surface area contributed by atoms with Crippen molar-refractivity contribution in [2.75, 3.05) is 7.11 Å². The molecule has 13 heavy (non-hydrogen) atoms. The number of rotatable bonds is 3. The summed E-state index contributed by atoms with van der Waals surface area (Å²) in [6.45, 7) is 4.06. The van der Waals surface area contributed by atoms with E-state index in [4.69, 9.17) is 4.74 Å². The maximum Gasteiger partial charge on any atom is 0.168 e. The van der Waals surface area contributed by atoms with Gasteiger partial charge in [0.2, 0.25) is 0 Å². The molecule has 0 aliphatic heterocycles. The van der Waals surface area contributed by atoms with Gasteiger partial charge in [-0.2, -0.15) is 0 Å². The SMILES string of the molecule is CCC(C)c1cccc(OC)c1F. The molecular formula is C11H15FO. The van der Waals surface area contributed by atoms with Crippen LogP contribution in [-0.4, -0.2) is 7.11 Å². The summed E-state index contributed by atoms with van der Waals surface area (Å²) in [5.41, 5.74) is 0.738. The Morgan fingerprint density at radius 2 is 2.15 bits per heavy atom. The van der Waals surface area contributed by atoms with Gasteiger partial charge in [-0.05, 0) is 24.0 Å². The van der Waals surface area contributed by atoms with Gasteiger partial charge < -0.3 is 4.74 Å². The van der Waals surface area contributed by atoms with E-state index in [0.717, 1.165) is 12.0 Å². The molecule has 0 aliphatic rings. The first-order valence-corrected chi connectivity index (χ1v) is 4.53. The molecule has 1 rings (SSSR count). The summed E-state index contributed by atoms with van der Waals surface area (Å²) in [7, 11) is 1.48. The highest BCUT2D eigenvalue weighted by atomic mass is 19.1. The highest BCUT2D eigenvalue weighted by molar-refractivity contribution is 5.32. The first kappa shape index (κ1) is 10.0. The minimum atomic E-state index is -0.223. The lowest BCUT2D eigenvalue weighted by atomic mass is 9.98. The standard InChI is InChI=1S/C11H15FO/c1-4-8(2)9-6-5-7-10(13-3)11(9)12/h5-8H,4H2,1-3H3. The average Bonchev–Trinajstić information content (AvgIpc) is 2.17. The number of halogens is 1. The Hall–Kier alpha value is -1.05. The molecule has 0 aromatic heterocycles. The van der Waals surface area contributed by atoms with Crippen LogP contribution in [0.2, 0.25) is 0 Å². The number of hydrogen-bond acceptors (Lipinski definition) is 1. The fraction of sp³-hybridized carbons (Fsp3) is 0.455. The second kappa shape index (κ2) is 4.26. The van der Waals surface area contributed by atoms with E-state index in [2.05, 4.69) is 0 Å². The molecule has 0 N–H and O–H groups in total. The minimum absolute atomic E-state index is 0.223. The van der Waals surface area contributed by atoms with Crippen LogP contribution < -0.4 is 4.74 Å². The van der Waals surface area contributed by atoms with Crippen molar-refractivity contribution in [3.05, 3.63) is 29.6 Å². The Kier molecular flexibility index (Phi) is 3.29. The van der Waals surface area contributed by atoms with Crippen LogP contribution in [0.25, 0.3) is 0 Å². The fourth-order valence-electron chi connectivity index (χ4n) is 1.29.